The van der Waals surface area contributed by atoms with E-state index in [2.05, 4.69) is 22.4 Å². The fourth-order valence-corrected chi connectivity index (χ4v) is 3.15. The third kappa shape index (κ3) is 4.81. The molecule has 0 radical (unpaired) electrons. The second-order valence-corrected chi connectivity index (χ2v) is 6.64. The lowest BCUT2D eigenvalue weighted by atomic mass is 10.1. The summed E-state index contributed by atoms with van der Waals surface area (Å²) in [6, 6.07) is 17.1. The van der Waals surface area contributed by atoms with E-state index in [1.165, 1.54) is 16.9 Å². The Kier molecular flexibility index (Phi) is 5.46. The van der Waals surface area contributed by atoms with E-state index < -0.39 is 0 Å². The molecule has 0 saturated heterocycles. The van der Waals surface area contributed by atoms with Crippen LogP contribution in [-0.4, -0.2) is 17.5 Å². The van der Waals surface area contributed by atoms with Crippen LogP contribution in [0.3, 0.4) is 0 Å². The molecule has 2 aromatic carbocycles. The van der Waals surface area contributed by atoms with Crippen molar-refractivity contribution in [2.45, 2.75) is 6.42 Å². The summed E-state index contributed by atoms with van der Waals surface area (Å²) in [5.74, 6) is 0.303. The van der Waals surface area contributed by atoms with Crippen molar-refractivity contribution in [3.05, 3.63) is 76.3 Å². The van der Waals surface area contributed by atoms with E-state index in [-0.39, 0.29) is 12.5 Å². The number of nitrogens with one attached hydrogen (secondary N) is 1. The predicted octanol–water partition coefficient (Wildman–Crippen LogP) is 4.40. The minimum atomic E-state index is -0.254. The van der Waals surface area contributed by atoms with E-state index in [0.717, 1.165) is 11.3 Å². The van der Waals surface area contributed by atoms with Crippen molar-refractivity contribution in [2.75, 3.05) is 11.9 Å². The van der Waals surface area contributed by atoms with Gasteiger partial charge in [-0.25, -0.2) is 4.98 Å². The Hall–Kier alpha value is -2.37. The monoisotopic (exact) mass is 358 g/mol. The number of anilines is 1. The van der Waals surface area contributed by atoms with Crippen LogP contribution in [0.1, 0.15) is 10.4 Å². The third-order valence-corrected chi connectivity index (χ3v) is 4.33. The van der Waals surface area contributed by atoms with Gasteiger partial charge in [-0.15, -0.1) is 11.3 Å². The first-order chi connectivity index (χ1) is 11.7. The van der Waals surface area contributed by atoms with Crippen LogP contribution in [0.15, 0.2) is 60.8 Å². The molecule has 3 aromatic rings. The number of aromatic nitrogens is 1. The molecule has 0 fully saturated rings. The molecule has 0 atom stereocenters. The maximum absolute atomic E-state index is 11.9. The highest BCUT2D eigenvalue weighted by Crippen LogP contribution is 2.21. The Morgan fingerprint density at radius 2 is 2.00 bits per heavy atom. The molecular formula is C18H15ClN2O2S. The van der Waals surface area contributed by atoms with Gasteiger partial charge >= 0.3 is 0 Å². The van der Waals surface area contributed by atoms with Crippen LogP contribution < -0.4 is 10.1 Å². The zero-order valence-corrected chi connectivity index (χ0v) is 14.3. The Morgan fingerprint density at radius 1 is 1.17 bits per heavy atom. The summed E-state index contributed by atoms with van der Waals surface area (Å²) in [5, 5.41) is 3.88. The van der Waals surface area contributed by atoms with Gasteiger partial charge in [0.15, 0.2) is 11.7 Å². The highest BCUT2D eigenvalue weighted by molar-refractivity contribution is 7.15. The first kappa shape index (κ1) is 16.5. The van der Waals surface area contributed by atoms with Crippen molar-refractivity contribution in [2.24, 2.45) is 0 Å². The minimum Gasteiger partial charge on any atom is -0.484 e. The summed E-state index contributed by atoms with van der Waals surface area (Å²) in [4.78, 5) is 17.3. The van der Waals surface area contributed by atoms with Crippen molar-refractivity contribution in [1.29, 1.82) is 0 Å². The maximum atomic E-state index is 11.9. The van der Waals surface area contributed by atoms with E-state index in [9.17, 15) is 4.79 Å². The molecule has 24 heavy (non-hydrogen) atoms. The number of hydrogen-bond donors (Lipinski definition) is 1. The van der Waals surface area contributed by atoms with Gasteiger partial charge in [0, 0.05) is 22.5 Å². The zero-order valence-electron chi connectivity index (χ0n) is 12.7. The minimum absolute atomic E-state index is 0.0893. The molecule has 0 bridgehead atoms. The van der Waals surface area contributed by atoms with Crippen LogP contribution >= 0.6 is 22.9 Å². The SMILES string of the molecule is O=C(COc1cccc(Cl)c1)Nc1ncc(Cc2ccccc2)s1. The number of carbonyl (C=O) groups is 1. The van der Waals surface area contributed by atoms with E-state index in [1.54, 1.807) is 30.5 Å². The zero-order chi connectivity index (χ0) is 16.8. The predicted molar refractivity (Wildman–Crippen MR) is 96.9 cm³/mol. The number of rotatable bonds is 6. The number of benzene rings is 2. The molecule has 1 heterocycles. The van der Waals surface area contributed by atoms with Crippen LogP contribution in [0, 0.1) is 0 Å². The maximum Gasteiger partial charge on any atom is 0.264 e. The van der Waals surface area contributed by atoms with E-state index in [4.69, 9.17) is 16.3 Å². The van der Waals surface area contributed by atoms with Gasteiger partial charge in [0.05, 0.1) is 0 Å². The Morgan fingerprint density at radius 3 is 2.79 bits per heavy atom. The summed E-state index contributed by atoms with van der Waals surface area (Å²) in [6.45, 7) is -0.0893. The average molecular weight is 359 g/mol. The molecular weight excluding hydrogens is 344 g/mol. The van der Waals surface area contributed by atoms with E-state index in [1.807, 2.05) is 18.2 Å². The topological polar surface area (TPSA) is 51.2 Å². The molecule has 0 unspecified atom stereocenters. The Labute approximate surface area is 149 Å². The van der Waals surface area contributed by atoms with Crippen molar-refractivity contribution in [3.63, 3.8) is 0 Å². The number of carbonyl (C=O) groups excluding carboxylic acids is 1. The normalized spacial score (nSPS) is 10.4. The van der Waals surface area contributed by atoms with Gasteiger partial charge in [-0.2, -0.15) is 0 Å². The van der Waals surface area contributed by atoms with Crippen LogP contribution in [0.4, 0.5) is 5.13 Å². The number of hydrogen-bond acceptors (Lipinski definition) is 4. The number of thiazole rings is 1. The number of ether oxygens (including phenoxy) is 1. The third-order valence-electron chi connectivity index (χ3n) is 3.19. The highest BCUT2D eigenvalue weighted by Gasteiger charge is 2.08. The lowest BCUT2D eigenvalue weighted by molar-refractivity contribution is -0.118. The first-order valence-corrected chi connectivity index (χ1v) is 8.55. The molecule has 0 aliphatic rings. The number of amides is 1. The molecule has 1 amide bonds. The number of nitrogens with zero attached hydrogens (tertiary/aromatic N) is 1. The largest absolute Gasteiger partial charge is 0.484 e. The lowest BCUT2D eigenvalue weighted by Gasteiger charge is -2.05. The fourth-order valence-electron chi connectivity index (χ4n) is 2.11. The summed E-state index contributed by atoms with van der Waals surface area (Å²) < 4.78 is 5.40. The second kappa shape index (κ2) is 7.95. The van der Waals surface area contributed by atoms with Crippen molar-refractivity contribution < 1.29 is 9.53 Å². The van der Waals surface area contributed by atoms with Crippen molar-refractivity contribution >= 4 is 34.0 Å². The van der Waals surface area contributed by atoms with Crippen LogP contribution in [0.5, 0.6) is 5.75 Å². The van der Waals surface area contributed by atoms with Gasteiger partial charge in [0.1, 0.15) is 5.75 Å². The molecule has 122 valence electrons. The quantitative estimate of drug-likeness (QED) is 0.710. The first-order valence-electron chi connectivity index (χ1n) is 7.36. The fraction of sp³-hybridized carbons (Fsp3) is 0.111. The molecule has 3 rings (SSSR count). The van der Waals surface area contributed by atoms with Crippen LogP contribution in [0.25, 0.3) is 0 Å². The molecule has 0 aliphatic carbocycles. The molecule has 4 nitrogen and oxygen atoms in total. The van der Waals surface area contributed by atoms with Gasteiger partial charge in [-0.3, -0.25) is 10.1 Å². The van der Waals surface area contributed by atoms with Gasteiger partial charge < -0.3 is 4.74 Å². The molecule has 1 N–H and O–H groups in total. The molecule has 0 spiro atoms. The van der Waals surface area contributed by atoms with Crippen molar-refractivity contribution in [1.82, 2.24) is 4.98 Å². The van der Waals surface area contributed by atoms with Gasteiger partial charge in [-0.05, 0) is 23.8 Å². The van der Waals surface area contributed by atoms with Crippen LogP contribution in [0.2, 0.25) is 5.02 Å². The molecule has 0 aliphatic heterocycles. The number of halogens is 1. The second-order valence-electron chi connectivity index (χ2n) is 5.09. The van der Waals surface area contributed by atoms with Gasteiger partial charge in [0.25, 0.3) is 5.91 Å². The Bertz CT molecular complexity index is 821. The molecule has 6 heteroatoms. The lowest BCUT2D eigenvalue weighted by Crippen LogP contribution is -2.19. The summed E-state index contributed by atoms with van der Waals surface area (Å²) >= 11 is 7.33. The molecule has 1 aromatic heterocycles. The highest BCUT2D eigenvalue weighted by atomic mass is 35.5. The van der Waals surface area contributed by atoms with Crippen LogP contribution in [-0.2, 0) is 11.2 Å². The van der Waals surface area contributed by atoms with Crippen molar-refractivity contribution in [3.8, 4) is 5.75 Å². The van der Waals surface area contributed by atoms with Gasteiger partial charge in [0.2, 0.25) is 0 Å². The van der Waals surface area contributed by atoms with E-state index >= 15 is 0 Å². The Balaban J connectivity index is 1.51. The standard InChI is InChI=1S/C18H15ClN2O2S/c19-14-7-4-8-15(10-14)23-12-17(22)21-18-20-11-16(24-18)9-13-5-2-1-3-6-13/h1-8,10-11H,9,12H2,(H,20,21,22). The van der Waals surface area contributed by atoms with E-state index in [0.29, 0.717) is 15.9 Å². The summed E-state index contributed by atoms with van der Waals surface area (Å²) in [7, 11) is 0. The smallest absolute Gasteiger partial charge is 0.264 e. The summed E-state index contributed by atoms with van der Waals surface area (Å²) in [6.07, 6.45) is 2.58. The summed E-state index contributed by atoms with van der Waals surface area (Å²) in [5.41, 5.74) is 1.21. The average Bonchev–Trinajstić information content (AvgIpc) is 3.01. The van der Waals surface area contributed by atoms with Gasteiger partial charge in [-0.1, -0.05) is 48.0 Å². The molecule has 0 saturated carbocycles.